The molecule has 3 N–H and O–H groups in total. The molecule has 0 radical (unpaired) electrons. The highest BCUT2D eigenvalue weighted by Crippen LogP contribution is 2.25. The van der Waals surface area contributed by atoms with Crippen molar-refractivity contribution >= 4 is 34.7 Å². The average Bonchev–Trinajstić information content (AvgIpc) is 3.03. The number of aromatic nitrogens is 3. The molecule has 23 heavy (non-hydrogen) atoms. The zero-order valence-corrected chi connectivity index (χ0v) is 13.4. The van der Waals surface area contributed by atoms with Crippen molar-refractivity contribution in [3.8, 4) is 10.6 Å². The Labute approximate surface area is 141 Å². The van der Waals surface area contributed by atoms with E-state index in [-0.39, 0.29) is 10.7 Å². The molecule has 8 heteroatoms. The third-order valence-corrected chi connectivity index (χ3v) is 4.27. The molecule has 2 aromatic heterocycles. The number of benzene rings is 1. The van der Waals surface area contributed by atoms with E-state index >= 15 is 0 Å². The second kappa shape index (κ2) is 6.72. The summed E-state index contributed by atoms with van der Waals surface area (Å²) in [6.07, 6.45) is 1.79. The van der Waals surface area contributed by atoms with Crippen molar-refractivity contribution in [2.45, 2.75) is 6.54 Å². The van der Waals surface area contributed by atoms with Crippen LogP contribution in [0.15, 0.2) is 42.6 Å². The lowest BCUT2D eigenvalue weighted by atomic mass is 10.2. The summed E-state index contributed by atoms with van der Waals surface area (Å²) in [6.45, 7) is 0.459. The SMILES string of the molecule is NC(=O)c1cc(Cl)nnc1NCc1cnc(-c2ccccc2)s1. The van der Waals surface area contributed by atoms with Crippen molar-refractivity contribution in [2.75, 3.05) is 5.32 Å². The molecule has 3 aromatic rings. The summed E-state index contributed by atoms with van der Waals surface area (Å²) < 4.78 is 0. The quantitative estimate of drug-likeness (QED) is 0.741. The Hall–Kier alpha value is -2.51. The van der Waals surface area contributed by atoms with Gasteiger partial charge < -0.3 is 11.1 Å². The Morgan fingerprint density at radius 1 is 1.26 bits per heavy atom. The molecular formula is C15H12ClN5OS. The number of nitrogens with two attached hydrogens (primary N) is 1. The smallest absolute Gasteiger partial charge is 0.252 e. The van der Waals surface area contributed by atoms with Gasteiger partial charge >= 0.3 is 0 Å². The first-order valence-corrected chi connectivity index (χ1v) is 7.90. The third-order valence-electron chi connectivity index (χ3n) is 3.03. The van der Waals surface area contributed by atoms with Gasteiger partial charge in [-0.15, -0.1) is 21.5 Å². The number of carbonyl (C=O) groups excluding carboxylic acids is 1. The summed E-state index contributed by atoms with van der Waals surface area (Å²) in [5.41, 5.74) is 6.59. The highest BCUT2D eigenvalue weighted by molar-refractivity contribution is 7.15. The van der Waals surface area contributed by atoms with Crippen molar-refractivity contribution < 1.29 is 4.79 Å². The maximum atomic E-state index is 11.4. The van der Waals surface area contributed by atoms with Gasteiger partial charge in [-0.25, -0.2) is 4.98 Å². The maximum Gasteiger partial charge on any atom is 0.252 e. The first-order chi connectivity index (χ1) is 11.1. The van der Waals surface area contributed by atoms with Gasteiger partial charge in [0.1, 0.15) is 5.01 Å². The zero-order chi connectivity index (χ0) is 16.2. The minimum atomic E-state index is -0.612. The van der Waals surface area contributed by atoms with Crippen molar-refractivity contribution in [3.05, 3.63) is 58.2 Å². The zero-order valence-electron chi connectivity index (χ0n) is 11.9. The summed E-state index contributed by atoms with van der Waals surface area (Å²) in [7, 11) is 0. The Morgan fingerprint density at radius 3 is 2.78 bits per heavy atom. The van der Waals surface area contributed by atoms with Crippen LogP contribution in [-0.2, 0) is 6.54 Å². The number of thiazole rings is 1. The van der Waals surface area contributed by atoms with Crippen LogP contribution >= 0.6 is 22.9 Å². The lowest BCUT2D eigenvalue weighted by Gasteiger charge is -2.06. The van der Waals surface area contributed by atoms with Crippen LogP contribution in [0.25, 0.3) is 10.6 Å². The summed E-state index contributed by atoms with van der Waals surface area (Å²) in [6, 6.07) is 11.3. The van der Waals surface area contributed by atoms with Crippen LogP contribution in [0.4, 0.5) is 5.82 Å². The number of rotatable bonds is 5. The Morgan fingerprint density at radius 2 is 2.04 bits per heavy atom. The number of primary amides is 1. The number of hydrogen-bond donors (Lipinski definition) is 2. The fraction of sp³-hybridized carbons (Fsp3) is 0.0667. The molecule has 0 atom stereocenters. The van der Waals surface area contributed by atoms with Crippen molar-refractivity contribution in [3.63, 3.8) is 0 Å². The molecule has 1 aromatic carbocycles. The Kier molecular flexibility index (Phi) is 4.50. The Bertz CT molecular complexity index is 837. The van der Waals surface area contributed by atoms with E-state index in [1.807, 2.05) is 30.3 Å². The van der Waals surface area contributed by atoms with E-state index in [4.69, 9.17) is 17.3 Å². The summed E-state index contributed by atoms with van der Waals surface area (Å²) >= 11 is 7.29. The van der Waals surface area contributed by atoms with Crippen LogP contribution in [0.2, 0.25) is 5.15 Å². The summed E-state index contributed by atoms with van der Waals surface area (Å²) in [4.78, 5) is 16.8. The molecule has 0 bridgehead atoms. The fourth-order valence-corrected chi connectivity index (χ4v) is 2.96. The van der Waals surface area contributed by atoms with Crippen molar-refractivity contribution in [1.82, 2.24) is 15.2 Å². The predicted octanol–water partition coefficient (Wildman–Crippen LogP) is 2.96. The molecule has 0 aliphatic rings. The highest BCUT2D eigenvalue weighted by atomic mass is 35.5. The predicted molar refractivity (Wildman–Crippen MR) is 90.4 cm³/mol. The Balaban J connectivity index is 1.75. The number of halogens is 1. The van der Waals surface area contributed by atoms with Gasteiger partial charge in [-0.3, -0.25) is 4.79 Å². The molecule has 0 fully saturated rings. The molecule has 0 aliphatic carbocycles. The number of carbonyl (C=O) groups is 1. The summed E-state index contributed by atoms with van der Waals surface area (Å²) in [5, 5.41) is 11.7. The van der Waals surface area contributed by atoms with Gasteiger partial charge in [0.2, 0.25) is 0 Å². The number of anilines is 1. The van der Waals surface area contributed by atoms with Gasteiger partial charge in [0.05, 0.1) is 12.1 Å². The third kappa shape index (κ3) is 3.64. The molecule has 0 aliphatic heterocycles. The van der Waals surface area contributed by atoms with E-state index in [2.05, 4.69) is 20.5 Å². The van der Waals surface area contributed by atoms with Crippen LogP contribution < -0.4 is 11.1 Å². The van der Waals surface area contributed by atoms with Gasteiger partial charge in [-0.2, -0.15) is 0 Å². The van der Waals surface area contributed by atoms with Crippen molar-refractivity contribution in [1.29, 1.82) is 0 Å². The van der Waals surface area contributed by atoms with E-state index in [9.17, 15) is 4.79 Å². The molecule has 116 valence electrons. The first kappa shape index (κ1) is 15.4. The normalized spacial score (nSPS) is 10.5. The van der Waals surface area contributed by atoms with E-state index < -0.39 is 5.91 Å². The molecule has 6 nitrogen and oxygen atoms in total. The topological polar surface area (TPSA) is 93.8 Å². The standard InChI is InChI=1S/C15H12ClN5OS/c16-12-6-11(13(17)22)14(21-20-12)18-7-10-8-19-15(23-10)9-4-2-1-3-5-9/h1-6,8H,7H2,(H2,17,22)(H,18,21). The van der Waals surface area contributed by atoms with Crippen LogP contribution in [0.5, 0.6) is 0 Å². The maximum absolute atomic E-state index is 11.4. The number of hydrogen-bond acceptors (Lipinski definition) is 6. The van der Waals surface area contributed by atoms with Gasteiger partial charge in [0.15, 0.2) is 11.0 Å². The summed E-state index contributed by atoms with van der Waals surface area (Å²) in [5.74, 6) is -0.310. The molecule has 2 heterocycles. The van der Waals surface area contributed by atoms with E-state index in [0.717, 1.165) is 15.4 Å². The minimum absolute atomic E-state index is 0.119. The molecular weight excluding hydrogens is 334 g/mol. The number of nitrogens with one attached hydrogen (secondary N) is 1. The van der Waals surface area contributed by atoms with Gasteiger partial charge in [-0.05, 0) is 6.07 Å². The van der Waals surface area contributed by atoms with Crippen LogP contribution in [0.1, 0.15) is 15.2 Å². The lowest BCUT2D eigenvalue weighted by Crippen LogP contribution is -2.16. The van der Waals surface area contributed by atoms with E-state index in [1.54, 1.807) is 17.5 Å². The molecule has 0 saturated heterocycles. The number of nitrogens with zero attached hydrogens (tertiary/aromatic N) is 3. The van der Waals surface area contributed by atoms with Crippen LogP contribution in [0.3, 0.4) is 0 Å². The molecule has 1 amide bonds. The van der Waals surface area contributed by atoms with Gasteiger partial charge in [0, 0.05) is 16.6 Å². The van der Waals surface area contributed by atoms with E-state index in [1.165, 1.54) is 6.07 Å². The first-order valence-electron chi connectivity index (χ1n) is 6.70. The highest BCUT2D eigenvalue weighted by Gasteiger charge is 2.12. The van der Waals surface area contributed by atoms with Gasteiger partial charge in [0.25, 0.3) is 5.91 Å². The molecule has 3 rings (SSSR count). The molecule has 0 spiro atoms. The van der Waals surface area contributed by atoms with E-state index in [0.29, 0.717) is 12.4 Å². The number of amides is 1. The fourth-order valence-electron chi connectivity index (χ4n) is 1.96. The molecule has 0 saturated carbocycles. The van der Waals surface area contributed by atoms with Crippen molar-refractivity contribution in [2.24, 2.45) is 5.73 Å². The lowest BCUT2D eigenvalue weighted by molar-refractivity contribution is 0.100. The van der Waals surface area contributed by atoms with Crippen LogP contribution in [0, 0.1) is 0 Å². The second-order valence-corrected chi connectivity index (χ2v) is 6.15. The molecule has 0 unspecified atom stereocenters. The largest absolute Gasteiger partial charge is 0.365 e. The average molecular weight is 346 g/mol. The van der Waals surface area contributed by atoms with Crippen LogP contribution in [-0.4, -0.2) is 21.1 Å². The minimum Gasteiger partial charge on any atom is -0.365 e. The second-order valence-electron chi connectivity index (χ2n) is 4.64. The van der Waals surface area contributed by atoms with Gasteiger partial charge in [-0.1, -0.05) is 41.9 Å². The monoisotopic (exact) mass is 345 g/mol.